The van der Waals surface area contributed by atoms with E-state index in [-0.39, 0.29) is 0 Å². The fraction of sp³-hybridized carbons (Fsp3) is 0.200. The van der Waals surface area contributed by atoms with E-state index < -0.39 is 18.5 Å². The Hall–Kier alpha value is -1.84. The SMILES string of the molecule is Cc1ccccc1C(=O)OCC(=O)O. The molecule has 1 aromatic carbocycles. The first kappa shape index (κ1) is 10.2. The second-order valence-electron chi connectivity index (χ2n) is 2.78. The van der Waals surface area contributed by atoms with E-state index in [0.717, 1.165) is 5.56 Å². The summed E-state index contributed by atoms with van der Waals surface area (Å²) >= 11 is 0. The van der Waals surface area contributed by atoms with Crippen LogP contribution in [0.1, 0.15) is 15.9 Å². The highest BCUT2D eigenvalue weighted by Crippen LogP contribution is 2.08. The zero-order chi connectivity index (χ0) is 10.6. The van der Waals surface area contributed by atoms with E-state index in [9.17, 15) is 9.59 Å². The van der Waals surface area contributed by atoms with Gasteiger partial charge in [0.15, 0.2) is 6.61 Å². The van der Waals surface area contributed by atoms with Crippen LogP contribution in [0.15, 0.2) is 24.3 Å². The molecule has 1 N–H and O–H groups in total. The lowest BCUT2D eigenvalue weighted by atomic mass is 10.1. The van der Waals surface area contributed by atoms with Gasteiger partial charge in [-0.2, -0.15) is 0 Å². The van der Waals surface area contributed by atoms with Crippen LogP contribution in [0.4, 0.5) is 0 Å². The quantitative estimate of drug-likeness (QED) is 0.735. The van der Waals surface area contributed by atoms with Crippen LogP contribution in [0, 0.1) is 6.92 Å². The zero-order valence-corrected chi connectivity index (χ0v) is 7.69. The van der Waals surface area contributed by atoms with Crippen molar-refractivity contribution in [3.8, 4) is 0 Å². The molecule has 0 atom stereocenters. The Morgan fingerprint density at radius 2 is 2.00 bits per heavy atom. The molecule has 0 aliphatic carbocycles. The van der Waals surface area contributed by atoms with Crippen molar-refractivity contribution in [1.82, 2.24) is 0 Å². The highest BCUT2D eigenvalue weighted by Gasteiger charge is 2.10. The van der Waals surface area contributed by atoms with Gasteiger partial charge >= 0.3 is 11.9 Å². The van der Waals surface area contributed by atoms with Crippen LogP contribution in [-0.4, -0.2) is 23.7 Å². The van der Waals surface area contributed by atoms with Gasteiger partial charge in [0.1, 0.15) is 0 Å². The summed E-state index contributed by atoms with van der Waals surface area (Å²) in [6, 6.07) is 6.85. The first-order chi connectivity index (χ1) is 6.61. The van der Waals surface area contributed by atoms with E-state index in [1.807, 2.05) is 0 Å². The van der Waals surface area contributed by atoms with E-state index in [0.29, 0.717) is 5.56 Å². The van der Waals surface area contributed by atoms with Gasteiger partial charge in [0.25, 0.3) is 0 Å². The monoisotopic (exact) mass is 194 g/mol. The van der Waals surface area contributed by atoms with Crippen LogP contribution in [0.2, 0.25) is 0 Å². The van der Waals surface area contributed by atoms with E-state index in [2.05, 4.69) is 4.74 Å². The fourth-order valence-electron chi connectivity index (χ4n) is 1.01. The van der Waals surface area contributed by atoms with Crippen molar-refractivity contribution in [2.45, 2.75) is 6.92 Å². The summed E-state index contributed by atoms with van der Waals surface area (Å²) in [5.74, 6) is -1.77. The van der Waals surface area contributed by atoms with Gasteiger partial charge in [-0.1, -0.05) is 18.2 Å². The van der Waals surface area contributed by atoms with Gasteiger partial charge < -0.3 is 9.84 Å². The third-order valence-corrected chi connectivity index (χ3v) is 1.69. The van der Waals surface area contributed by atoms with E-state index in [1.165, 1.54) is 0 Å². The molecule has 0 heterocycles. The van der Waals surface area contributed by atoms with Crippen LogP contribution in [0.3, 0.4) is 0 Å². The van der Waals surface area contributed by atoms with Gasteiger partial charge in [-0.3, -0.25) is 0 Å². The Morgan fingerprint density at radius 3 is 2.57 bits per heavy atom. The predicted octanol–water partition coefficient (Wildman–Crippen LogP) is 1.24. The van der Waals surface area contributed by atoms with Gasteiger partial charge in [0.2, 0.25) is 0 Å². The molecule has 0 spiro atoms. The standard InChI is InChI=1S/C10H10O4/c1-7-4-2-3-5-8(7)10(13)14-6-9(11)12/h2-5H,6H2,1H3,(H,11,12). The minimum Gasteiger partial charge on any atom is -0.479 e. The maximum Gasteiger partial charge on any atom is 0.341 e. The number of carbonyl (C=O) groups is 2. The maximum absolute atomic E-state index is 11.3. The minimum absolute atomic E-state index is 0.397. The molecule has 0 bridgehead atoms. The molecular formula is C10H10O4. The van der Waals surface area contributed by atoms with E-state index in [4.69, 9.17) is 5.11 Å². The van der Waals surface area contributed by atoms with E-state index in [1.54, 1.807) is 31.2 Å². The van der Waals surface area contributed by atoms with Crippen LogP contribution in [0.25, 0.3) is 0 Å². The number of aryl methyl sites for hydroxylation is 1. The zero-order valence-electron chi connectivity index (χ0n) is 7.69. The topological polar surface area (TPSA) is 63.6 Å². The van der Waals surface area contributed by atoms with Gasteiger partial charge in [0, 0.05) is 0 Å². The average Bonchev–Trinajstić information content (AvgIpc) is 2.15. The highest BCUT2D eigenvalue weighted by atomic mass is 16.5. The molecular weight excluding hydrogens is 184 g/mol. The van der Waals surface area contributed by atoms with Crippen molar-refractivity contribution < 1.29 is 19.4 Å². The highest BCUT2D eigenvalue weighted by molar-refractivity contribution is 5.92. The molecule has 4 nitrogen and oxygen atoms in total. The van der Waals surface area contributed by atoms with Crippen molar-refractivity contribution in [3.63, 3.8) is 0 Å². The summed E-state index contributed by atoms with van der Waals surface area (Å²) in [5, 5.41) is 8.30. The molecule has 0 aliphatic rings. The first-order valence-corrected chi connectivity index (χ1v) is 4.06. The summed E-state index contributed by atoms with van der Waals surface area (Å²) in [5.41, 5.74) is 1.16. The van der Waals surface area contributed by atoms with Crippen LogP contribution in [0.5, 0.6) is 0 Å². The third-order valence-electron chi connectivity index (χ3n) is 1.69. The molecule has 0 aliphatic heterocycles. The summed E-state index contributed by atoms with van der Waals surface area (Å²) in [4.78, 5) is 21.4. The van der Waals surface area contributed by atoms with Crippen LogP contribution in [-0.2, 0) is 9.53 Å². The number of rotatable bonds is 3. The molecule has 0 aromatic heterocycles. The Morgan fingerprint density at radius 1 is 1.36 bits per heavy atom. The fourth-order valence-corrected chi connectivity index (χ4v) is 1.01. The molecule has 14 heavy (non-hydrogen) atoms. The number of ether oxygens (including phenoxy) is 1. The molecule has 4 heteroatoms. The molecule has 74 valence electrons. The number of esters is 1. The normalized spacial score (nSPS) is 9.50. The number of aliphatic carboxylic acids is 1. The maximum atomic E-state index is 11.3. The van der Waals surface area contributed by atoms with E-state index >= 15 is 0 Å². The first-order valence-electron chi connectivity index (χ1n) is 4.06. The Bertz CT molecular complexity index is 357. The van der Waals surface area contributed by atoms with Gasteiger partial charge in [-0.15, -0.1) is 0 Å². The lowest BCUT2D eigenvalue weighted by Crippen LogP contribution is -2.13. The summed E-state index contributed by atoms with van der Waals surface area (Å²) < 4.78 is 4.53. The number of hydrogen-bond acceptors (Lipinski definition) is 3. The summed E-state index contributed by atoms with van der Waals surface area (Å²) in [6.45, 7) is 1.16. The van der Waals surface area contributed by atoms with Crippen molar-refractivity contribution in [3.05, 3.63) is 35.4 Å². The number of carboxylic acids is 1. The number of benzene rings is 1. The van der Waals surface area contributed by atoms with Gasteiger partial charge in [0.05, 0.1) is 5.56 Å². The van der Waals surface area contributed by atoms with Crippen molar-refractivity contribution >= 4 is 11.9 Å². The minimum atomic E-state index is -1.16. The Labute approximate surface area is 81.1 Å². The molecule has 0 amide bonds. The Kier molecular flexibility index (Phi) is 3.23. The third kappa shape index (κ3) is 2.58. The van der Waals surface area contributed by atoms with Crippen molar-refractivity contribution in [1.29, 1.82) is 0 Å². The predicted molar refractivity (Wildman–Crippen MR) is 49.1 cm³/mol. The smallest absolute Gasteiger partial charge is 0.341 e. The largest absolute Gasteiger partial charge is 0.479 e. The Balaban J connectivity index is 2.70. The van der Waals surface area contributed by atoms with Crippen LogP contribution >= 0.6 is 0 Å². The number of carbonyl (C=O) groups excluding carboxylic acids is 1. The van der Waals surface area contributed by atoms with Crippen molar-refractivity contribution in [2.24, 2.45) is 0 Å². The molecule has 1 rings (SSSR count). The molecule has 0 saturated heterocycles. The second kappa shape index (κ2) is 4.41. The molecule has 1 aromatic rings. The summed E-state index contributed by atoms with van der Waals surface area (Å²) in [6.07, 6.45) is 0. The number of hydrogen-bond donors (Lipinski definition) is 1. The van der Waals surface area contributed by atoms with Gasteiger partial charge in [-0.05, 0) is 18.6 Å². The van der Waals surface area contributed by atoms with Crippen LogP contribution < -0.4 is 0 Å². The second-order valence-corrected chi connectivity index (χ2v) is 2.78. The summed E-state index contributed by atoms with van der Waals surface area (Å²) in [7, 11) is 0. The van der Waals surface area contributed by atoms with Gasteiger partial charge in [-0.25, -0.2) is 9.59 Å². The lowest BCUT2D eigenvalue weighted by molar-refractivity contribution is -0.140. The molecule has 0 unspecified atom stereocenters. The van der Waals surface area contributed by atoms with Crippen molar-refractivity contribution in [2.75, 3.05) is 6.61 Å². The molecule has 0 radical (unpaired) electrons. The lowest BCUT2D eigenvalue weighted by Gasteiger charge is -2.03. The molecule has 0 fully saturated rings. The molecule has 0 saturated carbocycles. The number of carboxylic acid groups (broad SMARTS) is 1. The average molecular weight is 194 g/mol.